The van der Waals surface area contributed by atoms with Crippen molar-refractivity contribution in [1.29, 1.82) is 0 Å². The second kappa shape index (κ2) is 4.23. The van der Waals surface area contributed by atoms with E-state index in [1.54, 1.807) is 7.11 Å². The number of hydrogen-bond acceptors (Lipinski definition) is 3. The summed E-state index contributed by atoms with van der Waals surface area (Å²) in [5, 5.41) is 3.24. The first-order chi connectivity index (χ1) is 8.29. The molecule has 0 amide bonds. The van der Waals surface area contributed by atoms with Gasteiger partial charge in [0.05, 0.1) is 12.3 Å². The molecule has 0 aliphatic heterocycles. The number of nitrogens with zero attached hydrogens (tertiary/aromatic N) is 2. The number of nitrogens with one attached hydrogen (secondary N) is 1. The number of methoxy groups -OCH3 is 1. The molecule has 0 saturated heterocycles. The summed E-state index contributed by atoms with van der Waals surface area (Å²) in [6.45, 7) is 0.558. The first kappa shape index (κ1) is 10.9. The third-order valence-electron chi connectivity index (χ3n) is 3.24. The number of aromatic nitrogens is 3. The van der Waals surface area contributed by atoms with Gasteiger partial charge in [-0.25, -0.2) is 9.50 Å². The first-order valence-electron chi connectivity index (χ1n) is 5.91. The SMILES string of the molecule is COCc1cc2nc3c(c(=S)n2[nH]1)CCCC3. The van der Waals surface area contributed by atoms with Crippen LogP contribution in [-0.2, 0) is 24.2 Å². The molecule has 2 aromatic rings. The van der Waals surface area contributed by atoms with Crippen LogP contribution in [0.1, 0.15) is 29.8 Å². The van der Waals surface area contributed by atoms with Gasteiger partial charge in [-0.15, -0.1) is 0 Å². The minimum atomic E-state index is 0.558. The van der Waals surface area contributed by atoms with E-state index >= 15 is 0 Å². The Labute approximate surface area is 105 Å². The van der Waals surface area contributed by atoms with Gasteiger partial charge in [0.1, 0.15) is 4.64 Å². The summed E-state index contributed by atoms with van der Waals surface area (Å²) in [6.07, 6.45) is 4.55. The van der Waals surface area contributed by atoms with Crippen LogP contribution in [0.5, 0.6) is 0 Å². The van der Waals surface area contributed by atoms with Crippen molar-refractivity contribution in [2.75, 3.05) is 7.11 Å². The fourth-order valence-corrected chi connectivity index (χ4v) is 2.80. The van der Waals surface area contributed by atoms with Crippen LogP contribution in [0.25, 0.3) is 5.65 Å². The molecule has 1 aliphatic rings. The van der Waals surface area contributed by atoms with Crippen LogP contribution in [-0.4, -0.2) is 21.7 Å². The molecular weight excluding hydrogens is 234 g/mol. The van der Waals surface area contributed by atoms with Gasteiger partial charge in [-0.1, -0.05) is 12.2 Å². The quantitative estimate of drug-likeness (QED) is 0.831. The summed E-state index contributed by atoms with van der Waals surface area (Å²) < 4.78 is 7.89. The maximum atomic E-state index is 5.53. The molecule has 2 aromatic heterocycles. The van der Waals surface area contributed by atoms with E-state index in [0.717, 1.165) is 28.8 Å². The monoisotopic (exact) mass is 249 g/mol. The maximum Gasteiger partial charge on any atom is 0.154 e. The predicted molar refractivity (Wildman–Crippen MR) is 67.7 cm³/mol. The molecular formula is C12H15N3OS. The van der Waals surface area contributed by atoms with E-state index in [2.05, 4.69) is 10.1 Å². The minimum Gasteiger partial charge on any atom is -0.378 e. The number of H-pyrrole nitrogens is 1. The number of rotatable bonds is 2. The van der Waals surface area contributed by atoms with Gasteiger partial charge < -0.3 is 4.74 Å². The second-order valence-corrected chi connectivity index (χ2v) is 4.84. The van der Waals surface area contributed by atoms with Crippen molar-refractivity contribution in [2.45, 2.75) is 32.3 Å². The number of aromatic amines is 1. The molecule has 0 atom stereocenters. The molecule has 0 saturated carbocycles. The van der Waals surface area contributed by atoms with Crippen molar-refractivity contribution in [3.05, 3.63) is 27.7 Å². The third-order valence-corrected chi connectivity index (χ3v) is 3.67. The fraction of sp³-hybridized carbons (Fsp3) is 0.500. The fourth-order valence-electron chi connectivity index (χ4n) is 2.44. The summed E-state index contributed by atoms with van der Waals surface area (Å²) in [5.74, 6) is 0. The number of fused-ring (bicyclic) bond motifs is 2. The van der Waals surface area contributed by atoms with Crippen molar-refractivity contribution >= 4 is 17.9 Å². The highest BCUT2D eigenvalue weighted by Crippen LogP contribution is 2.22. The highest BCUT2D eigenvalue weighted by atomic mass is 32.1. The first-order valence-corrected chi connectivity index (χ1v) is 6.32. The van der Waals surface area contributed by atoms with Gasteiger partial charge in [0, 0.05) is 24.4 Å². The topological polar surface area (TPSA) is 42.3 Å². The molecule has 0 unspecified atom stereocenters. The van der Waals surface area contributed by atoms with Crippen molar-refractivity contribution in [2.24, 2.45) is 0 Å². The molecule has 0 spiro atoms. The van der Waals surface area contributed by atoms with Gasteiger partial charge in [0.25, 0.3) is 0 Å². The summed E-state index contributed by atoms with van der Waals surface area (Å²) in [7, 11) is 1.68. The van der Waals surface area contributed by atoms with E-state index in [9.17, 15) is 0 Å². The molecule has 4 nitrogen and oxygen atoms in total. The Kier molecular flexibility index (Phi) is 2.72. The van der Waals surface area contributed by atoms with Crippen LogP contribution in [0, 0.1) is 4.64 Å². The van der Waals surface area contributed by atoms with Crippen LogP contribution in [0.2, 0.25) is 0 Å². The molecule has 0 radical (unpaired) electrons. The predicted octanol–water partition coefficient (Wildman–Crippen LogP) is 2.42. The molecule has 0 aromatic carbocycles. The summed E-state index contributed by atoms with van der Waals surface area (Å²) in [5.41, 5.74) is 4.34. The summed E-state index contributed by atoms with van der Waals surface area (Å²) >= 11 is 5.53. The van der Waals surface area contributed by atoms with E-state index in [0.29, 0.717) is 6.61 Å². The Balaban J connectivity index is 2.22. The van der Waals surface area contributed by atoms with Crippen LogP contribution in [0.3, 0.4) is 0 Å². The van der Waals surface area contributed by atoms with E-state index < -0.39 is 0 Å². The van der Waals surface area contributed by atoms with Crippen molar-refractivity contribution < 1.29 is 4.74 Å². The molecule has 90 valence electrons. The zero-order valence-electron chi connectivity index (χ0n) is 9.82. The Morgan fingerprint density at radius 1 is 1.47 bits per heavy atom. The summed E-state index contributed by atoms with van der Waals surface area (Å²) in [4.78, 5) is 4.69. The number of ether oxygens (including phenoxy) is 1. The molecule has 1 aliphatic carbocycles. The molecule has 0 bridgehead atoms. The van der Waals surface area contributed by atoms with Gasteiger partial charge in [0.2, 0.25) is 0 Å². The van der Waals surface area contributed by atoms with Gasteiger partial charge >= 0.3 is 0 Å². The smallest absolute Gasteiger partial charge is 0.154 e. The highest BCUT2D eigenvalue weighted by molar-refractivity contribution is 7.71. The lowest BCUT2D eigenvalue weighted by atomic mass is 9.97. The van der Waals surface area contributed by atoms with E-state index in [4.69, 9.17) is 17.0 Å². The Morgan fingerprint density at radius 2 is 2.29 bits per heavy atom. The van der Waals surface area contributed by atoms with E-state index in [1.807, 2.05) is 10.6 Å². The molecule has 0 fully saturated rings. The normalized spacial score (nSPS) is 15.1. The van der Waals surface area contributed by atoms with E-state index in [-0.39, 0.29) is 0 Å². The van der Waals surface area contributed by atoms with Gasteiger partial charge in [-0.2, -0.15) is 0 Å². The lowest BCUT2D eigenvalue weighted by molar-refractivity contribution is 0.181. The largest absolute Gasteiger partial charge is 0.378 e. The van der Waals surface area contributed by atoms with E-state index in [1.165, 1.54) is 24.1 Å². The average Bonchev–Trinajstić information content (AvgIpc) is 2.73. The van der Waals surface area contributed by atoms with Crippen LogP contribution >= 0.6 is 12.2 Å². The van der Waals surface area contributed by atoms with Gasteiger partial charge in [-0.3, -0.25) is 5.10 Å². The second-order valence-electron chi connectivity index (χ2n) is 4.46. The third kappa shape index (κ3) is 1.79. The minimum absolute atomic E-state index is 0.558. The van der Waals surface area contributed by atoms with Crippen LogP contribution < -0.4 is 0 Å². The summed E-state index contributed by atoms with van der Waals surface area (Å²) in [6, 6.07) is 2.01. The Hall–Kier alpha value is -1.20. The van der Waals surface area contributed by atoms with Gasteiger partial charge in [-0.05, 0) is 25.7 Å². The standard InChI is InChI=1S/C12H15N3OS/c1-16-7-8-6-11-13-10-5-3-2-4-9(10)12(17)15(11)14-8/h6,14H,2-5,7H2,1H3. The Morgan fingerprint density at radius 3 is 3.12 bits per heavy atom. The lowest BCUT2D eigenvalue weighted by Crippen LogP contribution is -2.09. The van der Waals surface area contributed by atoms with Crippen molar-refractivity contribution in [3.8, 4) is 0 Å². The van der Waals surface area contributed by atoms with Crippen molar-refractivity contribution in [1.82, 2.24) is 14.6 Å². The highest BCUT2D eigenvalue weighted by Gasteiger charge is 2.15. The van der Waals surface area contributed by atoms with Crippen molar-refractivity contribution in [3.63, 3.8) is 0 Å². The maximum absolute atomic E-state index is 5.53. The number of aryl methyl sites for hydroxylation is 1. The molecule has 17 heavy (non-hydrogen) atoms. The van der Waals surface area contributed by atoms with Crippen LogP contribution in [0.4, 0.5) is 0 Å². The Bertz CT molecular complexity index is 614. The zero-order valence-corrected chi connectivity index (χ0v) is 10.6. The van der Waals surface area contributed by atoms with Gasteiger partial charge in [0.15, 0.2) is 5.65 Å². The lowest BCUT2D eigenvalue weighted by Gasteiger charge is -2.14. The van der Waals surface area contributed by atoms with Crippen LogP contribution in [0.15, 0.2) is 6.07 Å². The molecule has 5 heteroatoms. The molecule has 2 heterocycles. The molecule has 1 N–H and O–H groups in total. The zero-order chi connectivity index (χ0) is 11.8. The average molecular weight is 249 g/mol. The molecule has 3 rings (SSSR count). The number of hydrogen-bond donors (Lipinski definition) is 1.